The highest BCUT2D eigenvalue weighted by Crippen LogP contribution is 2.10. The van der Waals surface area contributed by atoms with Crippen LogP contribution in [0.5, 0.6) is 0 Å². The van der Waals surface area contributed by atoms with Crippen molar-refractivity contribution < 1.29 is 13.5 Å². The Balaban J connectivity index is 2.87. The van der Waals surface area contributed by atoms with Crippen molar-refractivity contribution in [2.24, 2.45) is 0 Å². The van der Waals surface area contributed by atoms with Crippen LogP contribution in [0.3, 0.4) is 0 Å². The van der Waals surface area contributed by atoms with Gasteiger partial charge in [-0.2, -0.15) is 0 Å². The fourth-order valence-corrected chi connectivity index (χ4v) is 1.25. The number of rotatable bonds is 3. The van der Waals surface area contributed by atoms with Gasteiger partial charge >= 0.3 is 0 Å². The van der Waals surface area contributed by atoms with E-state index >= 15 is 0 Å². The first-order valence-corrected chi connectivity index (χ1v) is 5.48. The largest absolute Gasteiger partial charge is 0.371 e. The summed E-state index contributed by atoms with van der Waals surface area (Å²) in [6.07, 6.45) is -1.60. The molecule has 0 aliphatic carbocycles. The van der Waals surface area contributed by atoms with Crippen molar-refractivity contribution in [3.05, 3.63) is 29.4 Å². The van der Waals surface area contributed by atoms with Crippen molar-refractivity contribution in [3.8, 4) is 0 Å². The van der Waals surface area contributed by atoms with E-state index in [-0.39, 0.29) is 11.1 Å². The van der Waals surface area contributed by atoms with Gasteiger partial charge in [-0.3, -0.25) is 15.4 Å². The number of ether oxygens (including phenoxy) is 1. The van der Waals surface area contributed by atoms with Crippen LogP contribution < -0.4 is 5.49 Å². The standard InChI is InChI=1S/C12H17F2N3O/c1-12(2,3)18-7-8-4-5-17(9(15)6-8)11(16)10(13)14/h4-6,10,15-16H,7H2,1-3H3. The fourth-order valence-electron chi connectivity index (χ4n) is 1.25. The lowest BCUT2D eigenvalue weighted by molar-refractivity contribution is -0.0150. The molecule has 1 aromatic rings. The normalized spacial score (nSPS) is 11.9. The summed E-state index contributed by atoms with van der Waals surface area (Å²) in [5.74, 6) is -0.900. The maximum Gasteiger partial charge on any atom is 0.295 e. The van der Waals surface area contributed by atoms with Crippen molar-refractivity contribution in [2.45, 2.75) is 39.4 Å². The highest BCUT2D eigenvalue weighted by atomic mass is 19.3. The molecule has 0 radical (unpaired) electrons. The minimum atomic E-state index is -2.89. The van der Waals surface area contributed by atoms with Crippen LogP contribution in [-0.4, -0.2) is 22.4 Å². The summed E-state index contributed by atoms with van der Waals surface area (Å²) in [7, 11) is 0. The molecule has 0 fully saturated rings. The summed E-state index contributed by atoms with van der Waals surface area (Å²) in [5.41, 5.74) is 0.257. The molecule has 0 spiro atoms. The zero-order chi connectivity index (χ0) is 13.9. The molecule has 4 nitrogen and oxygen atoms in total. The van der Waals surface area contributed by atoms with Crippen molar-refractivity contribution in [1.82, 2.24) is 4.57 Å². The number of hydrogen-bond donors (Lipinski definition) is 2. The molecule has 0 saturated carbocycles. The zero-order valence-corrected chi connectivity index (χ0v) is 10.6. The van der Waals surface area contributed by atoms with Gasteiger partial charge in [0.15, 0.2) is 5.84 Å². The highest BCUT2D eigenvalue weighted by Gasteiger charge is 2.14. The van der Waals surface area contributed by atoms with Crippen molar-refractivity contribution in [2.75, 3.05) is 0 Å². The first-order chi connectivity index (χ1) is 8.20. The van der Waals surface area contributed by atoms with Gasteiger partial charge < -0.3 is 4.74 Å². The maximum atomic E-state index is 12.3. The molecule has 6 heteroatoms. The SMILES string of the molecule is CC(C)(C)OCc1ccn(C(=N)C(F)F)c(=N)c1. The van der Waals surface area contributed by atoms with E-state index in [1.165, 1.54) is 12.3 Å². The second-order valence-electron chi connectivity index (χ2n) is 4.88. The van der Waals surface area contributed by atoms with E-state index in [0.717, 1.165) is 4.57 Å². The molecule has 1 rings (SSSR count). The van der Waals surface area contributed by atoms with E-state index in [4.69, 9.17) is 15.6 Å². The van der Waals surface area contributed by atoms with Crippen molar-refractivity contribution in [1.29, 1.82) is 10.8 Å². The number of alkyl halides is 2. The van der Waals surface area contributed by atoms with Crippen LogP contribution in [-0.2, 0) is 11.3 Å². The van der Waals surface area contributed by atoms with Crippen molar-refractivity contribution in [3.63, 3.8) is 0 Å². The molecule has 0 atom stereocenters. The third-order valence-electron chi connectivity index (χ3n) is 2.16. The third kappa shape index (κ3) is 4.03. The van der Waals surface area contributed by atoms with Gasteiger partial charge in [0.2, 0.25) is 0 Å². The Morgan fingerprint density at radius 2 is 2.06 bits per heavy atom. The second kappa shape index (κ2) is 5.39. The van der Waals surface area contributed by atoms with Gasteiger partial charge in [0.25, 0.3) is 6.43 Å². The fraction of sp³-hybridized carbons (Fsp3) is 0.500. The van der Waals surface area contributed by atoms with Gasteiger partial charge in [-0.1, -0.05) is 0 Å². The molecule has 0 bridgehead atoms. The minimum absolute atomic E-state index is 0.157. The molecule has 0 saturated heterocycles. The molecular weight excluding hydrogens is 240 g/mol. The van der Waals surface area contributed by atoms with Crippen LogP contribution in [0.2, 0.25) is 0 Å². The number of hydrogen-bond acceptors (Lipinski definition) is 3. The van der Waals surface area contributed by atoms with E-state index < -0.39 is 12.3 Å². The van der Waals surface area contributed by atoms with Gasteiger partial charge in [0.05, 0.1) is 12.2 Å². The molecule has 1 aromatic heterocycles. The van der Waals surface area contributed by atoms with Gasteiger partial charge in [-0.05, 0) is 38.5 Å². The summed E-state index contributed by atoms with van der Waals surface area (Å²) in [6.45, 7) is 6.02. The first-order valence-electron chi connectivity index (χ1n) is 5.48. The van der Waals surface area contributed by atoms with Gasteiger partial charge in [0.1, 0.15) is 5.49 Å². The Labute approximate surface area is 104 Å². The highest BCUT2D eigenvalue weighted by molar-refractivity contribution is 5.84. The molecule has 0 amide bonds. The average molecular weight is 257 g/mol. The van der Waals surface area contributed by atoms with Gasteiger partial charge in [-0.25, -0.2) is 8.78 Å². The molecular formula is C12H17F2N3O. The quantitative estimate of drug-likeness (QED) is 0.633. The van der Waals surface area contributed by atoms with Crippen molar-refractivity contribution >= 4 is 5.84 Å². The molecule has 0 unspecified atom stereocenters. The van der Waals surface area contributed by atoms with E-state index in [1.807, 2.05) is 20.8 Å². The lowest BCUT2D eigenvalue weighted by Crippen LogP contribution is -2.30. The minimum Gasteiger partial charge on any atom is -0.371 e. The van der Waals surface area contributed by atoms with Crippen LogP contribution >= 0.6 is 0 Å². The maximum absolute atomic E-state index is 12.3. The molecule has 0 aromatic carbocycles. The molecule has 18 heavy (non-hydrogen) atoms. The first kappa shape index (κ1) is 14.5. The number of aromatic nitrogens is 1. The van der Waals surface area contributed by atoms with Crippen LogP contribution in [0, 0.1) is 10.8 Å². The topological polar surface area (TPSA) is 61.9 Å². The molecule has 0 aliphatic heterocycles. The number of nitrogens with one attached hydrogen (secondary N) is 2. The summed E-state index contributed by atoms with van der Waals surface area (Å²) in [4.78, 5) is 0. The van der Waals surface area contributed by atoms with E-state index in [9.17, 15) is 8.78 Å². The van der Waals surface area contributed by atoms with E-state index in [0.29, 0.717) is 12.2 Å². The molecule has 100 valence electrons. The predicted molar refractivity (Wildman–Crippen MR) is 64.0 cm³/mol. The van der Waals surface area contributed by atoms with Gasteiger partial charge in [-0.15, -0.1) is 0 Å². The summed E-state index contributed by atoms with van der Waals surface area (Å²) in [6, 6.07) is 2.99. The number of halogens is 2. The smallest absolute Gasteiger partial charge is 0.295 e. The lowest BCUT2D eigenvalue weighted by atomic mass is 10.2. The van der Waals surface area contributed by atoms with Crippen LogP contribution in [0.4, 0.5) is 8.78 Å². The van der Waals surface area contributed by atoms with Crippen LogP contribution in [0.1, 0.15) is 26.3 Å². The average Bonchev–Trinajstić information content (AvgIpc) is 2.24. The number of pyridine rings is 1. The zero-order valence-electron chi connectivity index (χ0n) is 10.6. The Hall–Kier alpha value is -1.56. The Morgan fingerprint density at radius 3 is 2.50 bits per heavy atom. The lowest BCUT2D eigenvalue weighted by Gasteiger charge is -2.19. The van der Waals surface area contributed by atoms with Gasteiger partial charge in [0, 0.05) is 6.20 Å². The number of nitrogens with zero attached hydrogens (tertiary/aromatic N) is 1. The monoisotopic (exact) mass is 257 g/mol. The second-order valence-corrected chi connectivity index (χ2v) is 4.88. The Morgan fingerprint density at radius 1 is 1.44 bits per heavy atom. The summed E-state index contributed by atoms with van der Waals surface area (Å²) >= 11 is 0. The summed E-state index contributed by atoms with van der Waals surface area (Å²) < 4.78 is 31.1. The van der Waals surface area contributed by atoms with E-state index in [1.54, 1.807) is 6.07 Å². The molecule has 0 aliphatic rings. The predicted octanol–water partition coefficient (Wildman–Crippen LogP) is 2.37. The van der Waals surface area contributed by atoms with Crippen LogP contribution in [0.15, 0.2) is 18.3 Å². The molecule has 1 heterocycles. The Bertz CT molecular complexity index is 489. The molecule has 2 N–H and O–H groups in total. The van der Waals surface area contributed by atoms with Crippen LogP contribution in [0.25, 0.3) is 0 Å². The Kier molecular flexibility index (Phi) is 4.34. The third-order valence-corrected chi connectivity index (χ3v) is 2.16. The summed E-state index contributed by atoms with van der Waals surface area (Å²) in [5, 5.41) is 14.8. The van der Waals surface area contributed by atoms with E-state index in [2.05, 4.69) is 0 Å².